The normalized spacial score (nSPS) is 29.0. The van der Waals surface area contributed by atoms with Crippen LogP contribution in [0.1, 0.15) is 54.8 Å². The van der Waals surface area contributed by atoms with Crippen molar-refractivity contribution in [2.24, 2.45) is 17.8 Å². The van der Waals surface area contributed by atoms with Gasteiger partial charge < -0.3 is 14.5 Å². The van der Waals surface area contributed by atoms with Gasteiger partial charge in [0.05, 0.1) is 9.95 Å². The van der Waals surface area contributed by atoms with Crippen LogP contribution in [0.15, 0.2) is 34.7 Å². The van der Waals surface area contributed by atoms with Crippen LogP contribution in [0.2, 0.25) is 5.02 Å². The summed E-state index contributed by atoms with van der Waals surface area (Å²) in [6.45, 7) is 0.0716. The molecule has 0 aliphatic heterocycles. The molecule has 4 bridgehead atoms. The van der Waals surface area contributed by atoms with Crippen molar-refractivity contribution >= 4 is 23.2 Å². The molecule has 0 unspecified atom stereocenters. The number of carbonyl (C=O) groups is 1. The van der Waals surface area contributed by atoms with E-state index in [4.69, 9.17) is 20.8 Å². The molecule has 1 aromatic heterocycles. The van der Waals surface area contributed by atoms with Crippen LogP contribution in [0, 0.1) is 27.9 Å². The molecular formula is C22H23ClN2O5. The van der Waals surface area contributed by atoms with E-state index in [1.807, 2.05) is 0 Å². The number of hydrogen-bond donors (Lipinski definition) is 1. The molecule has 4 fully saturated rings. The summed E-state index contributed by atoms with van der Waals surface area (Å²) in [5, 5.41) is 14.2. The first-order chi connectivity index (χ1) is 14.4. The van der Waals surface area contributed by atoms with Crippen LogP contribution in [-0.4, -0.2) is 16.4 Å². The highest BCUT2D eigenvalue weighted by molar-refractivity contribution is 6.32. The third-order valence-corrected chi connectivity index (χ3v) is 7.09. The summed E-state index contributed by atoms with van der Waals surface area (Å²) in [7, 11) is 0. The van der Waals surface area contributed by atoms with Crippen molar-refractivity contribution in [3.63, 3.8) is 0 Å². The second-order valence-electron chi connectivity index (χ2n) is 9.08. The molecule has 4 aliphatic carbocycles. The van der Waals surface area contributed by atoms with Crippen molar-refractivity contribution in [3.05, 3.63) is 57.0 Å². The summed E-state index contributed by atoms with van der Waals surface area (Å²) in [6.07, 6.45) is 7.22. The Morgan fingerprint density at radius 2 is 1.83 bits per heavy atom. The van der Waals surface area contributed by atoms with Gasteiger partial charge >= 0.3 is 0 Å². The minimum atomic E-state index is -0.517. The fraction of sp³-hybridized carbons (Fsp3) is 0.500. The molecule has 7 nitrogen and oxygen atoms in total. The van der Waals surface area contributed by atoms with E-state index in [1.165, 1.54) is 37.5 Å². The number of carbonyl (C=O) groups excluding carboxylic acids is 1. The highest BCUT2D eigenvalue weighted by atomic mass is 35.5. The molecule has 1 aromatic carbocycles. The zero-order valence-electron chi connectivity index (χ0n) is 16.4. The molecule has 158 valence electrons. The Hall–Kier alpha value is -2.54. The van der Waals surface area contributed by atoms with Gasteiger partial charge in [0.25, 0.3) is 11.6 Å². The number of nitro benzene ring substituents is 1. The van der Waals surface area contributed by atoms with E-state index in [1.54, 1.807) is 12.1 Å². The fourth-order valence-corrected chi connectivity index (χ4v) is 6.24. The number of furan rings is 1. The Labute approximate surface area is 178 Å². The summed E-state index contributed by atoms with van der Waals surface area (Å²) >= 11 is 6.04. The molecule has 4 aliphatic rings. The van der Waals surface area contributed by atoms with Gasteiger partial charge in [-0.15, -0.1) is 0 Å². The molecule has 8 heteroatoms. The SMILES string of the molecule is O=C(NC12CC3CC(CC(C3)C1)C2)c1ccc(COc2ccc([N+](=O)[O-])cc2Cl)o1. The standard InChI is InChI=1S/C22H23ClN2O5/c23-18-8-16(25(27)28)1-3-19(18)29-12-17-2-4-20(30-17)21(26)24-22-9-13-5-14(10-22)7-15(6-13)11-22/h1-4,8,13-15H,5-7,9-12H2,(H,24,26). The lowest BCUT2D eigenvalue weighted by atomic mass is 9.53. The molecule has 0 spiro atoms. The van der Waals surface area contributed by atoms with Crippen molar-refractivity contribution in [1.29, 1.82) is 0 Å². The Morgan fingerprint density at radius 1 is 1.17 bits per heavy atom. The summed E-state index contributed by atoms with van der Waals surface area (Å²) in [5.41, 5.74) is -0.171. The quantitative estimate of drug-likeness (QED) is 0.507. The van der Waals surface area contributed by atoms with Gasteiger partial charge in [-0.05, 0) is 74.5 Å². The molecule has 1 amide bonds. The van der Waals surface area contributed by atoms with E-state index in [9.17, 15) is 14.9 Å². The lowest BCUT2D eigenvalue weighted by Gasteiger charge is -2.56. The van der Waals surface area contributed by atoms with E-state index in [0.717, 1.165) is 37.0 Å². The number of hydrogen-bond acceptors (Lipinski definition) is 5. The van der Waals surface area contributed by atoms with Gasteiger partial charge in [0.1, 0.15) is 18.1 Å². The Bertz CT molecular complexity index is 966. The second kappa shape index (κ2) is 7.30. The topological polar surface area (TPSA) is 94.6 Å². The lowest BCUT2D eigenvalue weighted by molar-refractivity contribution is -0.384. The van der Waals surface area contributed by atoms with Crippen LogP contribution >= 0.6 is 11.6 Å². The van der Waals surface area contributed by atoms with Gasteiger partial charge in [0.15, 0.2) is 5.76 Å². The summed E-state index contributed by atoms with van der Waals surface area (Å²) in [4.78, 5) is 23.1. The van der Waals surface area contributed by atoms with Crippen LogP contribution in [-0.2, 0) is 6.61 Å². The zero-order chi connectivity index (χ0) is 20.9. The fourth-order valence-electron chi connectivity index (χ4n) is 6.01. The smallest absolute Gasteiger partial charge is 0.287 e. The molecule has 4 saturated carbocycles. The maximum atomic E-state index is 12.8. The predicted octanol–water partition coefficient (Wildman–Crippen LogP) is 5.12. The molecular weight excluding hydrogens is 408 g/mol. The Balaban J connectivity index is 1.22. The zero-order valence-corrected chi connectivity index (χ0v) is 17.2. The van der Waals surface area contributed by atoms with Crippen LogP contribution in [0.3, 0.4) is 0 Å². The molecule has 1 N–H and O–H groups in total. The summed E-state index contributed by atoms with van der Waals surface area (Å²) in [5.74, 6) is 3.17. The van der Waals surface area contributed by atoms with Gasteiger partial charge in [-0.1, -0.05) is 11.6 Å². The Morgan fingerprint density at radius 3 is 2.43 bits per heavy atom. The maximum absolute atomic E-state index is 12.8. The summed E-state index contributed by atoms with van der Waals surface area (Å²) in [6, 6.07) is 7.38. The molecule has 2 aromatic rings. The van der Waals surface area contributed by atoms with Crippen molar-refractivity contribution in [3.8, 4) is 5.75 Å². The lowest BCUT2D eigenvalue weighted by Crippen LogP contribution is -2.59. The van der Waals surface area contributed by atoms with Gasteiger partial charge in [-0.3, -0.25) is 14.9 Å². The number of non-ortho nitro benzene ring substituents is 1. The number of benzene rings is 1. The number of nitrogens with one attached hydrogen (secondary N) is 1. The monoisotopic (exact) mass is 430 g/mol. The van der Waals surface area contributed by atoms with Crippen LogP contribution in [0.25, 0.3) is 0 Å². The molecule has 1 heterocycles. The van der Waals surface area contributed by atoms with E-state index in [2.05, 4.69) is 5.32 Å². The van der Waals surface area contributed by atoms with Crippen molar-refractivity contribution in [2.75, 3.05) is 0 Å². The number of rotatable bonds is 6. The first-order valence-corrected chi connectivity index (χ1v) is 10.7. The Kier molecular flexibility index (Phi) is 4.73. The average Bonchev–Trinajstić information content (AvgIpc) is 3.14. The number of nitro groups is 1. The molecule has 6 rings (SSSR count). The van der Waals surface area contributed by atoms with Crippen LogP contribution < -0.4 is 10.1 Å². The highest BCUT2D eigenvalue weighted by Crippen LogP contribution is 2.55. The predicted molar refractivity (Wildman–Crippen MR) is 110 cm³/mol. The highest BCUT2D eigenvalue weighted by Gasteiger charge is 2.51. The number of amides is 1. The van der Waals surface area contributed by atoms with Crippen molar-refractivity contribution < 1.29 is 18.9 Å². The second-order valence-corrected chi connectivity index (χ2v) is 9.49. The largest absolute Gasteiger partial charge is 0.484 e. The molecule has 0 atom stereocenters. The molecule has 0 saturated heterocycles. The number of nitrogens with zero attached hydrogens (tertiary/aromatic N) is 1. The maximum Gasteiger partial charge on any atom is 0.287 e. The summed E-state index contributed by atoms with van der Waals surface area (Å²) < 4.78 is 11.3. The first-order valence-electron chi connectivity index (χ1n) is 10.4. The number of ether oxygens (including phenoxy) is 1. The third kappa shape index (κ3) is 3.67. The van der Waals surface area contributed by atoms with Gasteiger partial charge in [-0.25, -0.2) is 0 Å². The van der Waals surface area contributed by atoms with E-state index >= 15 is 0 Å². The van der Waals surface area contributed by atoms with E-state index < -0.39 is 4.92 Å². The van der Waals surface area contributed by atoms with Gasteiger partial charge in [0.2, 0.25) is 0 Å². The average molecular weight is 431 g/mol. The van der Waals surface area contributed by atoms with Gasteiger partial charge in [-0.2, -0.15) is 0 Å². The van der Waals surface area contributed by atoms with E-state index in [-0.39, 0.29) is 34.5 Å². The van der Waals surface area contributed by atoms with Gasteiger partial charge in [0, 0.05) is 17.7 Å². The number of halogens is 1. The first kappa shape index (κ1) is 19.4. The molecule has 30 heavy (non-hydrogen) atoms. The van der Waals surface area contributed by atoms with Crippen molar-refractivity contribution in [1.82, 2.24) is 5.32 Å². The van der Waals surface area contributed by atoms with E-state index in [0.29, 0.717) is 11.5 Å². The molecule has 0 radical (unpaired) electrons. The minimum absolute atomic E-state index is 0.0679. The van der Waals surface area contributed by atoms with Crippen LogP contribution in [0.5, 0.6) is 5.75 Å². The third-order valence-electron chi connectivity index (χ3n) is 6.80. The van der Waals surface area contributed by atoms with Crippen LogP contribution in [0.4, 0.5) is 5.69 Å². The minimum Gasteiger partial charge on any atom is -0.484 e. The van der Waals surface area contributed by atoms with Crippen molar-refractivity contribution in [2.45, 2.75) is 50.7 Å².